The molecule has 0 saturated heterocycles. The number of hydrogen-bond acceptors (Lipinski definition) is 6. The summed E-state index contributed by atoms with van der Waals surface area (Å²) >= 11 is 12.3. The number of halogens is 1. The molecule has 0 bridgehead atoms. The number of benzene rings is 8. The largest absolute Gasteiger partial charge is 0.311 e. The molecule has 8 rings (SSSR count). The van der Waals surface area contributed by atoms with Crippen molar-refractivity contribution in [1.29, 1.82) is 0 Å². The van der Waals surface area contributed by atoms with Crippen LogP contribution in [0.1, 0.15) is 0 Å². The highest BCUT2D eigenvalue weighted by molar-refractivity contribution is 14.2. The first-order valence-corrected chi connectivity index (χ1v) is 26.4. The fourth-order valence-electron chi connectivity index (χ4n) is 6.62. The summed E-state index contributed by atoms with van der Waals surface area (Å²) in [4.78, 5) is 2.13. The highest BCUT2D eigenvalue weighted by Gasteiger charge is 2.14. The molecule has 0 fully saturated rings. The Hall–Kier alpha value is -3.72. The van der Waals surface area contributed by atoms with Gasteiger partial charge in [-0.2, -0.15) is 0 Å². The average Bonchev–Trinajstić information content (AvgIpc) is 3.20. The molecule has 2 atom stereocenters. The zero-order valence-electron chi connectivity index (χ0n) is 27.3. The van der Waals surface area contributed by atoms with Crippen LogP contribution in [-0.4, -0.2) is 0 Å². The standard InChI is InChI=1S/C42H27INO2P2S4/c43-52(50)48(46)40-22-18-38(19-23-40)44(37-16-20-39(21-17-37)47(45)51-49)36-14-11-28(12-15-36)30-6-7-32-26-33(9-8-31(32)25-30)34-13-24-42-35(27-34)10-5-29-3-1-2-4-41(29)42/h1-27H/q-1. The summed E-state index contributed by atoms with van der Waals surface area (Å²) < 4.78 is 25.1. The lowest BCUT2D eigenvalue weighted by molar-refractivity contribution is 0.601. The third kappa shape index (κ3) is 7.14. The van der Waals surface area contributed by atoms with Crippen molar-refractivity contribution >= 4 is 132 Å². The van der Waals surface area contributed by atoms with Crippen molar-refractivity contribution < 1.29 is 9.13 Å². The molecule has 0 amide bonds. The molecule has 10 heteroatoms. The van der Waals surface area contributed by atoms with E-state index in [9.17, 15) is 9.13 Å². The summed E-state index contributed by atoms with van der Waals surface area (Å²) in [5.74, 6) is -0.647. The van der Waals surface area contributed by atoms with Crippen LogP contribution in [0, 0.1) is 0 Å². The van der Waals surface area contributed by atoms with Crippen molar-refractivity contribution in [3.05, 3.63) is 164 Å². The van der Waals surface area contributed by atoms with Crippen molar-refractivity contribution in [2.45, 2.75) is 0 Å². The van der Waals surface area contributed by atoms with Crippen LogP contribution in [0.2, 0.25) is 0 Å². The van der Waals surface area contributed by atoms with E-state index in [1.165, 1.54) is 43.4 Å². The predicted molar refractivity (Wildman–Crippen MR) is 242 cm³/mol. The van der Waals surface area contributed by atoms with E-state index in [4.69, 9.17) is 22.4 Å². The summed E-state index contributed by atoms with van der Waals surface area (Å²) in [6.07, 6.45) is 0. The molecular formula is C42H27INO2P2S4-. The second-order valence-electron chi connectivity index (χ2n) is 12.2. The first-order chi connectivity index (χ1) is 25.4. The van der Waals surface area contributed by atoms with Gasteiger partial charge >= 0.3 is 0 Å². The third-order valence-corrected chi connectivity index (χ3v) is 19.2. The van der Waals surface area contributed by atoms with E-state index >= 15 is 0 Å². The lowest BCUT2D eigenvalue weighted by Gasteiger charge is -2.26. The van der Waals surface area contributed by atoms with Gasteiger partial charge < -0.3 is 9.46 Å². The van der Waals surface area contributed by atoms with Gasteiger partial charge in [-0.3, -0.25) is 21.6 Å². The van der Waals surface area contributed by atoms with Crippen LogP contribution in [0.3, 0.4) is 0 Å². The third-order valence-electron chi connectivity index (χ3n) is 9.21. The topological polar surface area (TPSA) is 37.4 Å². The normalized spacial score (nSPS) is 12.5. The molecule has 8 aromatic carbocycles. The van der Waals surface area contributed by atoms with Gasteiger partial charge in [-0.15, -0.1) is 0 Å². The highest BCUT2D eigenvalue weighted by Crippen LogP contribution is 2.37. The van der Waals surface area contributed by atoms with E-state index in [1.807, 2.05) is 48.5 Å². The number of nitrogens with zero attached hydrogens (tertiary/aromatic N) is 1. The molecule has 2 unspecified atom stereocenters. The lowest BCUT2D eigenvalue weighted by atomic mass is 9.95. The summed E-state index contributed by atoms with van der Waals surface area (Å²) in [7, 11) is 0.934. The van der Waals surface area contributed by atoms with Crippen LogP contribution in [-0.2, 0) is 46.8 Å². The maximum Gasteiger partial charge on any atom is 0.197 e. The number of rotatable bonds is 7. The lowest BCUT2D eigenvalue weighted by Crippen LogP contribution is -2.11. The van der Waals surface area contributed by atoms with E-state index in [1.54, 1.807) is 0 Å². The molecule has 0 saturated carbocycles. The molecule has 52 heavy (non-hydrogen) atoms. The monoisotopic (exact) mass is 894 g/mol. The van der Waals surface area contributed by atoms with Crippen LogP contribution in [0.15, 0.2) is 164 Å². The molecule has 0 heterocycles. The van der Waals surface area contributed by atoms with E-state index in [2.05, 4.69) is 141 Å². The zero-order valence-corrected chi connectivity index (χ0v) is 34.5. The predicted octanol–water partition coefficient (Wildman–Crippen LogP) is 12.7. The van der Waals surface area contributed by atoms with E-state index in [0.717, 1.165) is 43.0 Å². The van der Waals surface area contributed by atoms with E-state index in [0.29, 0.717) is 5.30 Å². The van der Waals surface area contributed by atoms with Crippen LogP contribution in [0.25, 0.3) is 54.6 Å². The van der Waals surface area contributed by atoms with Crippen molar-refractivity contribution in [2.75, 3.05) is 4.90 Å². The maximum absolute atomic E-state index is 12.7. The number of hydrogen-bond donors (Lipinski definition) is 0. The first kappa shape index (κ1) is 35.3. The Kier molecular flexibility index (Phi) is 10.4. The van der Waals surface area contributed by atoms with Gasteiger partial charge in [0.1, 0.15) is 0 Å². The van der Waals surface area contributed by atoms with Crippen LogP contribution >= 0.6 is 34.4 Å². The zero-order chi connectivity index (χ0) is 35.8. The molecule has 0 aliphatic heterocycles. The van der Waals surface area contributed by atoms with Gasteiger partial charge in [0.2, 0.25) is 0 Å². The molecule has 0 aliphatic carbocycles. The van der Waals surface area contributed by atoms with Crippen molar-refractivity contribution in [3.63, 3.8) is 0 Å². The minimum Gasteiger partial charge on any atom is -0.311 e. The van der Waals surface area contributed by atoms with Crippen molar-refractivity contribution in [3.8, 4) is 22.3 Å². The average molecular weight is 895 g/mol. The summed E-state index contributed by atoms with van der Waals surface area (Å²) in [5.41, 5.74) is 7.42. The highest BCUT2D eigenvalue weighted by atomic mass is 127. The summed E-state index contributed by atoms with van der Waals surface area (Å²) in [6.45, 7) is -3.32. The quantitative estimate of drug-likeness (QED) is 0.0524. The van der Waals surface area contributed by atoms with Gasteiger partial charge in [0.15, 0.2) is 6.58 Å². The fourth-order valence-corrected chi connectivity index (χ4v) is 12.7. The Balaban J connectivity index is 1.10. The van der Waals surface area contributed by atoms with Crippen LogP contribution < -0.4 is 15.5 Å². The second kappa shape index (κ2) is 15.3. The molecule has 0 aromatic heterocycles. The molecule has 0 spiro atoms. The Bertz CT molecular complexity index is 2930. The number of fused-ring (bicyclic) bond motifs is 4. The van der Waals surface area contributed by atoms with Gasteiger partial charge in [-0.1, -0.05) is 84.9 Å². The Labute approximate surface area is 329 Å². The molecule has 0 aliphatic rings. The summed E-state index contributed by atoms with van der Waals surface area (Å²) in [5, 5.41) is 8.87. The number of anilines is 3. The van der Waals surface area contributed by atoms with Gasteiger partial charge in [-0.25, -0.2) is 21.2 Å². The molecular weight excluding hydrogens is 868 g/mol. The molecule has 3 nitrogen and oxygen atoms in total. The smallest absolute Gasteiger partial charge is 0.197 e. The molecule has 254 valence electrons. The van der Waals surface area contributed by atoms with Gasteiger partial charge in [0, 0.05) is 34.2 Å². The minimum absolute atomic E-state index is 0.647. The van der Waals surface area contributed by atoms with Crippen LogP contribution in [0.5, 0.6) is 0 Å². The maximum atomic E-state index is 12.7. The van der Waals surface area contributed by atoms with E-state index in [-0.39, 0.29) is 0 Å². The van der Waals surface area contributed by atoms with Crippen molar-refractivity contribution in [2.24, 2.45) is 0 Å². The Morgan fingerprint density at radius 1 is 0.500 bits per heavy atom. The van der Waals surface area contributed by atoms with Crippen molar-refractivity contribution in [1.82, 2.24) is 0 Å². The molecule has 8 aromatic rings. The first-order valence-electron chi connectivity index (χ1n) is 16.3. The van der Waals surface area contributed by atoms with Gasteiger partial charge in [-0.05, 0) is 154 Å². The van der Waals surface area contributed by atoms with Gasteiger partial charge in [0.25, 0.3) is 0 Å². The SMILES string of the molecule is O=P(=S=S)c1ccc(N(c2ccc(-c3ccc4cc(-c5ccc6c(ccc7ccccc76)c5)ccc4c3)cc2)c2ccc(P(=O)=[S-](=S)I)cc2)cc1. The van der Waals surface area contributed by atoms with E-state index < -0.39 is 19.0 Å². The Morgan fingerprint density at radius 3 is 1.54 bits per heavy atom. The Morgan fingerprint density at radius 2 is 0.942 bits per heavy atom. The summed E-state index contributed by atoms with van der Waals surface area (Å²) in [6, 6.07) is 56.9. The molecule has 0 radical (unpaired) electrons. The minimum atomic E-state index is -1.68. The molecule has 0 N–H and O–H groups in total. The van der Waals surface area contributed by atoms with Crippen LogP contribution in [0.4, 0.5) is 17.1 Å². The fraction of sp³-hybridized carbons (Fsp3) is 0. The van der Waals surface area contributed by atoms with Gasteiger partial charge in [0.05, 0.1) is 0 Å². The second-order valence-corrected chi connectivity index (χ2v) is 28.0.